The van der Waals surface area contributed by atoms with E-state index >= 15 is 0 Å². The molecule has 0 spiro atoms. The van der Waals surface area contributed by atoms with Crippen molar-refractivity contribution in [1.29, 1.82) is 0 Å². The Balaban J connectivity index is 1.56. The minimum absolute atomic E-state index is 0.0481. The quantitative estimate of drug-likeness (QED) is 0.363. The average Bonchev–Trinajstić information content (AvgIpc) is 3.37. The highest BCUT2D eigenvalue weighted by molar-refractivity contribution is 5.94. The van der Waals surface area contributed by atoms with Crippen LogP contribution in [0.15, 0.2) is 59.9 Å². The molecule has 0 atom stereocenters. The zero-order valence-corrected chi connectivity index (χ0v) is 19.4. The fraction of sp³-hybridized carbons (Fsp3) is 0.292. The molecule has 0 unspecified atom stereocenters. The second-order valence-corrected chi connectivity index (χ2v) is 8.21. The molecule has 2 heterocycles. The molecule has 12 heteroatoms. The molecule has 0 saturated heterocycles. The Hall–Kier alpha value is -4.06. The van der Waals surface area contributed by atoms with Gasteiger partial charge in [0.15, 0.2) is 0 Å². The molecule has 2 aromatic heterocycles. The van der Waals surface area contributed by atoms with Gasteiger partial charge in [0.1, 0.15) is 18.5 Å². The molecule has 0 aliphatic carbocycles. The molecule has 1 amide bonds. The Morgan fingerprint density at radius 3 is 2.72 bits per heavy atom. The van der Waals surface area contributed by atoms with Crippen LogP contribution in [0, 0.1) is 0 Å². The monoisotopic (exact) mass is 499 g/mol. The van der Waals surface area contributed by atoms with Gasteiger partial charge in [-0.05, 0) is 43.3 Å². The smallest absolute Gasteiger partial charge is 0.323 e. The van der Waals surface area contributed by atoms with Crippen molar-refractivity contribution < 1.29 is 18.0 Å². The molecule has 9 nitrogen and oxygen atoms in total. The molecule has 2 aromatic carbocycles. The predicted molar refractivity (Wildman–Crippen MR) is 128 cm³/mol. The normalized spacial score (nSPS) is 11.8. The van der Waals surface area contributed by atoms with E-state index in [1.807, 2.05) is 6.92 Å². The number of halogens is 3. The first kappa shape index (κ1) is 25.0. The summed E-state index contributed by atoms with van der Waals surface area (Å²) in [7, 11) is 0. The number of unbranched alkanes of at least 4 members (excludes halogenated alkanes) is 1. The minimum Gasteiger partial charge on any atom is -0.323 e. The van der Waals surface area contributed by atoms with Crippen molar-refractivity contribution >= 4 is 22.5 Å². The van der Waals surface area contributed by atoms with Gasteiger partial charge in [0.05, 0.1) is 40.9 Å². The molecule has 4 aromatic rings. The third kappa shape index (κ3) is 5.95. The van der Waals surface area contributed by atoms with Gasteiger partial charge in [-0.3, -0.25) is 14.5 Å². The van der Waals surface area contributed by atoms with Crippen LogP contribution in [0.3, 0.4) is 0 Å². The minimum atomic E-state index is -4.58. The Kier molecular flexibility index (Phi) is 7.44. The molecular formula is C24H24F3N7O2. The van der Waals surface area contributed by atoms with Crippen LogP contribution in [0.1, 0.15) is 31.2 Å². The molecule has 36 heavy (non-hydrogen) atoms. The summed E-state index contributed by atoms with van der Waals surface area (Å²) in [6.07, 6.45) is -0.371. The Labute approximate surface area is 204 Å². The number of carbonyl (C=O) groups is 1. The largest absolute Gasteiger partial charge is 0.416 e. The molecule has 2 N–H and O–H groups in total. The molecule has 0 aliphatic rings. The third-order valence-corrected chi connectivity index (χ3v) is 5.49. The van der Waals surface area contributed by atoms with Gasteiger partial charge in [0.2, 0.25) is 5.91 Å². The lowest BCUT2D eigenvalue weighted by Crippen LogP contribution is -2.35. The van der Waals surface area contributed by atoms with Crippen LogP contribution in [-0.2, 0) is 17.5 Å². The average molecular weight is 499 g/mol. The van der Waals surface area contributed by atoms with Crippen LogP contribution in [-0.4, -0.2) is 48.6 Å². The zero-order chi connectivity index (χ0) is 25.7. The van der Waals surface area contributed by atoms with Crippen molar-refractivity contribution in [3.63, 3.8) is 0 Å². The maximum Gasteiger partial charge on any atom is 0.416 e. The number of rotatable bonds is 9. The van der Waals surface area contributed by atoms with E-state index in [2.05, 4.69) is 25.4 Å². The number of amides is 1. The predicted octanol–water partition coefficient (Wildman–Crippen LogP) is 3.76. The fourth-order valence-corrected chi connectivity index (χ4v) is 3.76. The van der Waals surface area contributed by atoms with Gasteiger partial charge in [-0.2, -0.15) is 18.3 Å². The molecule has 0 radical (unpaired) electrons. The van der Waals surface area contributed by atoms with Gasteiger partial charge in [-0.15, -0.1) is 0 Å². The van der Waals surface area contributed by atoms with Gasteiger partial charge in [0, 0.05) is 0 Å². The number of H-pyrrole nitrogens is 1. The Morgan fingerprint density at radius 1 is 1.19 bits per heavy atom. The number of anilines is 1. The topological polar surface area (TPSA) is 109 Å². The van der Waals surface area contributed by atoms with E-state index in [1.165, 1.54) is 23.4 Å². The molecule has 0 bridgehead atoms. The number of nitrogens with zero attached hydrogens (tertiary/aromatic N) is 5. The first-order chi connectivity index (χ1) is 17.2. The van der Waals surface area contributed by atoms with Gasteiger partial charge >= 0.3 is 6.18 Å². The number of benzene rings is 2. The van der Waals surface area contributed by atoms with E-state index in [-0.39, 0.29) is 30.0 Å². The number of hydrogen-bond donors (Lipinski definition) is 2. The molecule has 0 aliphatic heterocycles. The maximum atomic E-state index is 13.3. The van der Waals surface area contributed by atoms with E-state index in [9.17, 15) is 22.8 Å². The highest BCUT2D eigenvalue weighted by Gasteiger charge is 2.31. The van der Waals surface area contributed by atoms with Crippen LogP contribution in [0.25, 0.3) is 16.6 Å². The number of hydrogen-bond acceptors (Lipinski definition) is 6. The lowest BCUT2D eigenvalue weighted by atomic mass is 10.1. The summed E-state index contributed by atoms with van der Waals surface area (Å²) < 4.78 is 41.2. The van der Waals surface area contributed by atoms with Gasteiger partial charge in [-0.1, -0.05) is 25.5 Å². The van der Waals surface area contributed by atoms with Crippen molar-refractivity contribution in [2.24, 2.45) is 0 Å². The molecule has 4 rings (SSSR count). The number of fused-ring (bicyclic) bond motifs is 1. The number of nitrogens with one attached hydrogen (secondary N) is 2. The first-order valence-corrected chi connectivity index (χ1v) is 11.3. The zero-order valence-electron chi connectivity index (χ0n) is 19.4. The van der Waals surface area contributed by atoms with Crippen LogP contribution in [0.2, 0.25) is 0 Å². The number of alkyl halides is 3. The number of aromatic nitrogens is 5. The Bertz CT molecular complexity index is 1400. The van der Waals surface area contributed by atoms with E-state index in [1.54, 1.807) is 29.2 Å². The summed E-state index contributed by atoms with van der Waals surface area (Å²) in [6.45, 7) is 2.59. The molecule has 0 fully saturated rings. The highest BCUT2D eigenvalue weighted by Crippen LogP contribution is 2.33. The van der Waals surface area contributed by atoms with E-state index in [4.69, 9.17) is 0 Å². The van der Waals surface area contributed by atoms with E-state index < -0.39 is 17.6 Å². The second kappa shape index (κ2) is 10.7. The molecular weight excluding hydrogens is 475 g/mol. The van der Waals surface area contributed by atoms with Gasteiger partial charge in [0.25, 0.3) is 5.56 Å². The Morgan fingerprint density at radius 2 is 2.00 bits per heavy atom. The summed E-state index contributed by atoms with van der Waals surface area (Å²) in [5, 5.41) is 7.00. The fourth-order valence-electron chi connectivity index (χ4n) is 3.76. The van der Waals surface area contributed by atoms with Crippen molar-refractivity contribution in [2.45, 2.75) is 32.5 Å². The lowest BCUT2D eigenvalue weighted by Gasteiger charge is -2.22. The van der Waals surface area contributed by atoms with Crippen molar-refractivity contribution in [3.05, 3.63) is 76.9 Å². The first-order valence-electron chi connectivity index (χ1n) is 11.3. The molecule has 0 saturated carbocycles. The summed E-state index contributed by atoms with van der Waals surface area (Å²) >= 11 is 0. The number of aromatic amines is 1. The summed E-state index contributed by atoms with van der Waals surface area (Å²) in [5.74, 6) is -0.125. The third-order valence-electron chi connectivity index (χ3n) is 5.49. The maximum absolute atomic E-state index is 13.3. The summed E-state index contributed by atoms with van der Waals surface area (Å²) in [6, 6.07) is 9.95. The van der Waals surface area contributed by atoms with Gasteiger partial charge < -0.3 is 10.3 Å². The van der Waals surface area contributed by atoms with Crippen LogP contribution in [0.4, 0.5) is 18.9 Å². The van der Waals surface area contributed by atoms with Gasteiger partial charge in [-0.25, -0.2) is 14.6 Å². The molecule has 188 valence electrons. The SMILES string of the molecule is CCCCN(CC(=O)Nc1cc(C(F)(F)F)ccc1-n1cncn1)Cc1nc2ccccc2c(=O)[nH]1. The van der Waals surface area contributed by atoms with Crippen molar-refractivity contribution in [3.8, 4) is 5.69 Å². The van der Waals surface area contributed by atoms with E-state index in [0.717, 1.165) is 25.0 Å². The summed E-state index contributed by atoms with van der Waals surface area (Å²) in [4.78, 5) is 38.2. The van der Waals surface area contributed by atoms with Crippen molar-refractivity contribution in [1.82, 2.24) is 29.6 Å². The second-order valence-electron chi connectivity index (χ2n) is 8.21. The number of para-hydroxylation sites is 1. The van der Waals surface area contributed by atoms with Crippen LogP contribution < -0.4 is 10.9 Å². The van der Waals surface area contributed by atoms with Crippen LogP contribution >= 0.6 is 0 Å². The standard InChI is InChI=1S/C24H24F3N7O2/c1-2-3-10-33(12-21-30-18-7-5-4-6-17(18)23(36)32-21)13-22(35)31-19-11-16(24(25,26)27)8-9-20(19)34-15-28-14-29-34/h4-9,11,14-15H,2-3,10,12-13H2,1H3,(H,31,35)(H,30,32,36). The van der Waals surface area contributed by atoms with E-state index in [0.29, 0.717) is 23.3 Å². The number of carbonyl (C=O) groups excluding carboxylic acids is 1. The van der Waals surface area contributed by atoms with Crippen molar-refractivity contribution in [2.75, 3.05) is 18.4 Å². The highest BCUT2D eigenvalue weighted by atomic mass is 19.4. The summed E-state index contributed by atoms with van der Waals surface area (Å²) in [5.41, 5.74) is -0.445. The van der Waals surface area contributed by atoms with Crippen LogP contribution in [0.5, 0.6) is 0 Å². The lowest BCUT2D eigenvalue weighted by molar-refractivity contribution is -0.137.